The van der Waals surface area contributed by atoms with E-state index in [4.69, 9.17) is 9.52 Å². The van der Waals surface area contributed by atoms with Gasteiger partial charge in [0.2, 0.25) is 0 Å². The van der Waals surface area contributed by atoms with Crippen LogP contribution in [0.3, 0.4) is 0 Å². The molecule has 0 saturated heterocycles. The van der Waals surface area contributed by atoms with E-state index in [2.05, 4.69) is 0 Å². The van der Waals surface area contributed by atoms with Crippen molar-refractivity contribution in [3.63, 3.8) is 0 Å². The molecule has 1 aliphatic rings. The maximum absolute atomic E-state index is 10.9. The van der Waals surface area contributed by atoms with Crippen molar-refractivity contribution in [2.24, 2.45) is 0 Å². The number of rotatable bonds is 1. The Labute approximate surface area is 109 Å². The third kappa shape index (κ3) is 2.14. The second kappa shape index (κ2) is 4.35. The van der Waals surface area contributed by atoms with Crippen LogP contribution in [0.15, 0.2) is 34.7 Å². The first-order valence-electron chi connectivity index (χ1n) is 6.02. The lowest BCUT2D eigenvalue weighted by atomic mass is 10.1. The monoisotopic (exact) mass is 259 g/mol. The predicted octanol–water partition coefficient (Wildman–Crippen LogP) is 2.69. The van der Waals surface area contributed by atoms with Crippen LogP contribution in [0, 0.1) is 0 Å². The lowest BCUT2D eigenvalue weighted by molar-refractivity contribution is 0.138. The highest BCUT2D eigenvalue weighted by Gasteiger charge is 2.23. The maximum atomic E-state index is 10.9. The predicted molar refractivity (Wildman–Crippen MR) is 67.9 cm³/mol. The molecular formula is C14H13NO4. The number of furan rings is 1. The average Bonchev–Trinajstić information content (AvgIpc) is 2.82. The summed E-state index contributed by atoms with van der Waals surface area (Å²) < 4.78 is 5.76. The van der Waals surface area contributed by atoms with E-state index in [1.807, 2.05) is 6.07 Å². The third-order valence-electron chi connectivity index (χ3n) is 3.29. The van der Waals surface area contributed by atoms with Crippen molar-refractivity contribution in [1.82, 2.24) is 4.90 Å². The van der Waals surface area contributed by atoms with Gasteiger partial charge in [-0.25, -0.2) is 4.79 Å². The molecule has 1 aliphatic heterocycles. The van der Waals surface area contributed by atoms with Gasteiger partial charge in [0.15, 0.2) is 0 Å². The number of amides is 1. The zero-order valence-corrected chi connectivity index (χ0v) is 10.2. The molecule has 5 nitrogen and oxygen atoms in total. The van der Waals surface area contributed by atoms with Crippen LogP contribution in [0.5, 0.6) is 5.75 Å². The fourth-order valence-electron chi connectivity index (χ4n) is 2.26. The Balaban J connectivity index is 1.91. The summed E-state index contributed by atoms with van der Waals surface area (Å²) in [5, 5.41) is 18.2. The van der Waals surface area contributed by atoms with Crippen LogP contribution in [0.4, 0.5) is 4.79 Å². The van der Waals surface area contributed by atoms with Crippen molar-refractivity contribution in [2.75, 3.05) is 6.54 Å². The van der Waals surface area contributed by atoms with Gasteiger partial charge in [0.1, 0.15) is 17.3 Å². The molecule has 1 amide bonds. The van der Waals surface area contributed by atoms with Gasteiger partial charge in [-0.05, 0) is 30.3 Å². The Morgan fingerprint density at radius 2 is 2.00 bits per heavy atom. The molecule has 0 aliphatic carbocycles. The summed E-state index contributed by atoms with van der Waals surface area (Å²) in [6.07, 6.45) is -0.308. The highest BCUT2D eigenvalue weighted by atomic mass is 16.4. The number of hydrogen-bond acceptors (Lipinski definition) is 3. The largest absolute Gasteiger partial charge is 0.508 e. The number of benzene rings is 1. The van der Waals surface area contributed by atoms with Crippen molar-refractivity contribution in [3.8, 4) is 17.1 Å². The Bertz CT molecular complexity index is 615. The standard InChI is InChI=1S/C14H13NO4/c16-11-3-1-9(2-4-11)13-7-10-8-15(14(17)18)6-5-12(10)19-13/h1-4,7,16H,5-6,8H2,(H,17,18). The van der Waals surface area contributed by atoms with Gasteiger partial charge in [-0.3, -0.25) is 0 Å². The van der Waals surface area contributed by atoms with Crippen LogP contribution in [0.2, 0.25) is 0 Å². The Hall–Kier alpha value is -2.43. The third-order valence-corrected chi connectivity index (χ3v) is 3.29. The number of carbonyl (C=O) groups is 1. The van der Waals surface area contributed by atoms with Crippen LogP contribution in [0.25, 0.3) is 11.3 Å². The van der Waals surface area contributed by atoms with Gasteiger partial charge in [0.25, 0.3) is 0 Å². The fraction of sp³-hybridized carbons (Fsp3) is 0.214. The topological polar surface area (TPSA) is 73.9 Å². The summed E-state index contributed by atoms with van der Waals surface area (Å²) in [5.41, 5.74) is 1.78. The Kier molecular flexibility index (Phi) is 2.67. The molecule has 0 saturated carbocycles. The summed E-state index contributed by atoms with van der Waals surface area (Å²) in [7, 11) is 0. The van der Waals surface area contributed by atoms with E-state index in [9.17, 15) is 9.90 Å². The molecule has 2 N–H and O–H groups in total. The van der Waals surface area contributed by atoms with Crippen LogP contribution in [-0.4, -0.2) is 27.8 Å². The molecule has 5 heteroatoms. The number of aromatic hydroxyl groups is 1. The molecule has 0 unspecified atom stereocenters. The second-order valence-corrected chi connectivity index (χ2v) is 4.56. The van der Waals surface area contributed by atoms with E-state index >= 15 is 0 Å². The molecule has 0 fully saturated rings. The molecule has 98 valence electrons. The van der Waals surface area contributed by atoms with Crippen LogP contribution >= 0.6 is 0 Å². The minimum atomic E-state index is -0.905. The Morgan fingerprint density at radius 3 is 2.68 bits per heavy atom. The Morgan fingerprint density at radius 1 is 1.26 bits per heavy atom. The highest BCUT2D eigenvalue weighted by Crippen LogP contribution is 2.30. The normalized spacial score (nSPS) is 14.2. The molecule has 1 aromatic carbocycles. The molecule has 0 radical (unpaired) electrons. The number of phenols is 1. The van der Waals surface area contributed by atoms with E-state index < -0.39 is 6.09 Å². The van der Waals surface area contributed by atoms with Gasteiger partial charge in [0.05, 0.1) is 6.54 Å². The molecule has 2 heterocycles. The van der Waals surface area contributed by atoms with E-state index in [1.165, 1.54) is 4.90 Å². The van der Waals surface area contributed by atoms with Gasteiger partial charge in [0, 0.05) is 24.1 Å². The van der Waals surface area contributed by atoms with E-state index in [-0.39, 0.29) is 5.75 Å². The summed E-state index contributed by atoms with van der Waals surface area (Å²) in [4.78, 5) is 12.3. The molecule has 19 heavy (non-hydrogen) atoms. The lowest BCUT2D eigenvalue weighted by Crippen LogP contribution is -2.34. The molecule has 0 bridgehead atoms. The molecular weight excluding hydrogens is 246 g/mol. The number of carboxylic acid groups (broad SMARTS) is 1. The lowest BCUT2D eigenvalue weighted by Gasteiger charge is -2.22. The van der Waals surface area contributed by atoms with Gasteiger partial charge < -0.3 is 19.5 Å². The first-order valence-corrected chi connectivity index (χ1v) is 6.02. The van der Waals surface area contributed by atoms with Crippen molar-refractivity contribution in [2.45, 2.75) is 13.0 Å². The SMILES string of the molecule is O=C(O)N1CCc2oc(-c3ccc(O)cc3)cc2C1. The van der Waals surface area contributed by atoms with E-state index in [0.29, 0.717) is 25.3 Å². The van der Waals surface area contributed by atoms with Crippen LogP contribution in [0.1, 0.15) is 11.3 Å². The minimum Gasteiger partial charge on any atom is -0.508 e. The summed E-state index contributed by atoms with van der Waals surface area (Å²) in [6.45, 7) is 0.830. The van der Waals surface area contributed by atoms with Gasteiger partial charge in [-0.1, -0.05) is 0 Å². The highest BCUT2D eigenvalue weighted by molar-refractivity contribution is 5.66. The maximum Gasteiger partial charge on any atom is 0.407 e. The molecule has 2 aromatic rings. The molecule has 0 spiro atoms. The fourth-order valence-corrected chi connectivity index (χ4v) is 2.26. The van der Waals surface area contributed by atoms with E-state index in [1.54, 1.807) is 24.3 Å². The van der Waals surface area contributed by atoms with E-state index in [0.717, 1.165) is 16.9 Å². The van der Waals surface area contributed by atoms with Crippen molar-refractivity contribution >= 4 is 6.09 Å². The summed E-state index contributed by atoms with van der Waals surface area (Å²) in [5.74, 6) is 1.76. The van der Waals surface area contributed by atoms with Gasteiger partial charge >= 0.3 is 6.09 Å². The number of phenolic OH excluding ortho intramolecular Hbond substituents is 1. The number of fused-ring (bicyclic) bond motifs is 1. The number of nitrogens with zero attached hydrogens (tertiary/aromatic N) is 1. The van der Waals surface area contributed by atoms with Crippen LogP contribution in [-0.2, 0) is 13.0 Å². The molecule has 0 atom stereocenters. The quantitative estimate of drug-likeness (QED) is 0.825. The minimum absolute atomic E-state index is 0.206. The zero-order valence-electron chi connectivity index (χ0n) is 10.2. The number of hydrogen-bond donors (Lipinski definition) is 2. The zero-order chi connectivity index (χ0) is 13.4. The smallest absolute Gasteiger partial charge is 0.407 e. The van der Waals surface area contributed by atoms with Crippen molar-refractivity contribution in [1.29, 1.82) is 0 Å². The van der Waals surface area contributed by atoms with Gasteiger partial charge in [-0.2, -0.15) is 0 Å². The first-order chi connectivity index (χ1) is 9.13. The average molecular weight is 259 g/mol. The first kappa shape index (κ1) is 11.6. The summed E-state index contributed by atoms with van der Waals surface area (Å²) in [6, 6.07) is 8.61. The summed E-state index contributed by atoms with van der Waals surface area (Å²) >= 11 is 0. The van der Waals surface area contributed by atoms with Crippen molar-refractivity contribution < 1.29 is 19.4 Å². The van der Waals surface area contributed by atoms with Crippen LogP contribution < -0.4 is 0 Å². The van der Waals surface area contributed by atoms with Crippen molar-refractivity contribution in [3.05, 3.63) is 41.7 Å². The molecule has 3 rings (SSSR count). The molecule has 1 aromatic heterocycles. The second-order valence-electron chi connectivity index (χ2n) is 4.56. The van der Waals surface area contributed by atoms with Gasteiger partial charge in [-0.15, -0.1) is 0 Å².